The smallest absolute Gasteiger partial charge is 0.244 e. The third-order valence-corrected chi connectivity index (χ3v) is 4.93. The maximum absolute atomic E-state index is 12.4. The Morgan fingerprint density at radius 1 is 1.19 bits per heavy atom. The molecule has 0 spiro atoms. The van der Waals surface area contributed by atoms with Crippen molar-refractivity contribution in [1.29, 1.82) is 0 Å². The summed E-state index contributed by atoms with van der Waals surface area (Å²) >= 11 is 0. The number of morpholine rings is 1. The number of nitrogens with one attached hydrogen (secondary N) is 1. The number of fused-ring (bicyclic) bond motifs is 1. The Balaban J connectivity index is 0.00000261. The van der Waals surface area contributed by atoms with Crippen LogP contribution in [0.3, 0.4) is 0 Å². The minimum Gasteiger partial charge on any atom is -0.379 e. The van der Waals surface area contributed by atoms with Gasteiger partial charge in [0.1, 0.15) is 6.54 Å². The zero-order valence-corrected chi connectivity index (χ0v) is 18.1. The van der Waals surface area contributed by atoms with Crippen LogP contribution in [0.4, 0.5) is 0 Å². The molecule has 7 nitrogen and oxygen atoms in total. The number of nitrogens with two attached hydrogens (primary N) is 1. The highest BCUT2D eigenvalue weighted by atomic mass is 127. The Kier molecular flexibility index (Phi) is 9.29. The lowest BCUT2D eigenvalue weighted by Crippen LogP contribution is -2.40. The largest absolute Gasteiger partial charge is 0.379 e. The molecule has 150 valence electrons. The molecule has 3 N–H and O–H groups in total. The van der Waals surface area contributed by atoms with Crippen molar-refractivity contribution in [3.63, 3.8) is 0 Å². The van der Waals surface area contributed by atoms with Crippen LogP contribution in [0.15, 0.2) is 29.3 Å². The van der Waals surface area contributed by atoms with Gasteiger partial charge in [-0.2, -0.15) is 0 Å². The van der Waals surface area contributed by atoms with Crippen molar-refractivity contribution in [3.8, 4) is 0 Å². The van der Waals surface area contributed by atoms with Gasteiger partial charge in [-0.15, -0.1) is 24.0 Å². The molecule has 1 fully saturated rings. The normalized spacial score (nSPS) is 17.8. The summed E-state index contributed by atoms with van der Waals surface area (Å²) in [6.45, 7) is 6.93. The van der Waals surface area contributed by atoms with Gasteiger partial charge in [-0.05, 0) is 30.5 Å². The molecule has 0 aromatic heterocycles. The summed E-state index contributed by atoms with van der Waals surface area (Å²) in [7, 11) is 0. The molecule has 0 saturated carbocycles. The number of hydrogen-bond acceptors (Lipinski definition) is 4. The third-order valence-electron chi connectivity index (χ3n) is 4.93. The molecule has 1 aromatic carbocycles. The van der Waals surface area contributed by atoms with E-state index in [0.29, 0.717) is 12.5 Å². The van der Waals surface area contributed by atoms with E-state index in [9.17, 15) is 4.79 Å². The number of aliphatic imine (C=N–C) groups is 1. The molecule has 0 unspecified atom stereocenters. The Bertz CT molecular complexity index is 634. The molecule has 2 aliphatic heterocycles. The molecular weight excluding hydrogens is 457 g/mol. The van der Waals surface area contributed by atoms with Gasteiger partial charge in [-0.3, -0.25) is 9.69 Å². The molecule has 1 aromatic rings. The van der Waals surface area contributed by atoms with Crippen LogP contribution < -0.4 is 11.1 Å². The molecule has 27 heavy (non-hydrogen) atoms. The van der Waals surface area contributed by atoms with E-state index in [1.54, 1.807) is 0 Å². The fourth-order valence-electron chi connectivity index (χ4n) is 3.36. The van der Waals surface area contributed by atoms with Crippen LogP contribution in [0.1, 0.15) is 17.5 Å². The lowest BCUT2D eigenvalue weighted by molar-refractivity contribution is -0.130. The maximum Gasteiger partial charge on any atom is 0.244 e. The quantitative estimate of drug-likeness (QED) is 0.269. The van der Waals surface area contributed by atoms with E-state index in [1.807, 2.05) is 17.0 Å². The summed E-state index contributed by atoms with van der Waals surface area (Å²) in [5.41, 5.74) is 8.44. The molecule has 2 heterocycles. The van der Waals surface area contributed by atoms with E-state index in [1.165, 1.54) is 11.1 Å². The number of carbonyl (C=O) groups is 1. The summed E-state index contributed by atoms with van der Waals surface area (Å²) in [5, 5.41) is 3.10. The minimum atomic E-state index is 0. The minimum absolute atomic E-state index is 0. The fourth-order valence-corrected chi connectivity index (χ4v) is 3.36. The predicted octanol–water partition coefficient (Wildman–Crippen LogP) is 0.816. The first-order valence-electron chi connectivity index (χ1n) is 9.41. The van der Waals surface area contributed by atoms with Crippen molar-refractivity contribution in [2.45, 2.75) is 19.4 Å². The van der Waals surface area contributed by atoms with Crippen LogP contribution in [0.5, 0.6) is 0 Å². The lowest BCUT2D eigenvalue weighted by Gasteiger charge is -2.28. The highest BCUT2D eigenvalue weighted by molar-refractivity contribution is 14.0. The van der Waals surface area contributed by atoms with Crippen LogP contribution in [0.2, 0.25) is 0 Å². The Hall–Kier alpha value is -1.39. The van der Waals surface area contributed by atoms with Crippen molar-refractivity contribution >= 4 is 35.8 Å². The molecular formula is C19H30IN5O2. The first-order valence-corrected chi connectivity index (χ1v) is 9.41. The highest BCUT2D eigenvalue weighted by Gasteiger charge is 2.19. The SMILES string of the molecule is I.NC(=NCC(=O)N1CCc2ccccc2C1)NCCCN1CCOCC1. The van der Waals surface area contributed by atoms with Crippen LogP contribution in [-0.4, -0.2) is 74.1 Å². The number of benzene rings is 1. The van der Waals surface area contributed by atoms with Gasteiger partial charge in [-0.1, -0.05) is 24.3 Å². The van der Waals surface area contributed by atoms with Crippen molar-refractivity contribution in [3.05, 3.63) is 35.4 Å². The summed E-state index contributed by atoms with van der Waals surface area (Å²) < 4.78 is 5.34. The summed E-state index contributed by atoms with van der Waals surface area (Å²) in [6.07, 6.45) is 1.90. The van der Waals surface area contributed by atoms with Crippen molar-refractivity contribution in [2.75, 3.05) is 52.5 Å². The van der Waals surface area contributed by atoms with E-state index in [2.05, 4.69) is 27.3 Å². The summed E-state index contributed by atoms with van der Waals surface area (Å²) in [5.74, 6) is 0.371. The number of halogens is 1. The molecule has 8 heteroatoms. The second-order valence-electron chi connectivity index (χ2n) is 6.77. The number of ether oxygens (including phenoxy) is 1. The maximum atomic E-state index is 12.4. The van der Waals surface area contributed by atoms with Gasteiger partial charge in [0, 0.05) is 32.7 Å². The molecule has 0 aliphatic carbocycles. The van der Waals surface area contributed by atoms with E-state index < -0.39 is 0 Å². The Morgan fingerprint density at radius 3 is 2.70 bits per heavy atom. The predicted molar refractivity (Wildman–Crippen MR) is 117 cm³/mol. The zero-order valence-electron chi connectivity index (χ0n) is 15.7. The van der Waals surface area contributed by atoms with Gasteiger partial charge in [0.15, 0.2) is 5.96 Å². The standard InChI is InChI=1S/C19H29N5O2.HI/c20-19(21-7-3-8-23-10-12-26-13-11-23)22-14-18(25)24-9-6-16-4-1-2-5-17(16)15-24;/h1-2,4-5H,3,6-15H2,(H3,20,21,22);1H. The van der Waals surface area contributed by atoms with Gasteiger partial charge in [0.25, 0.3) is 0 Å². The second kappa shape index (κ2) is 11.5. The van der Waals surface area contributed by atoms with E-state index in [0.717, 1.165) is 58.8 Å². The van der Waals surface area contributed by atoms with Gasteiger partial charge in [0.05, 0.1) is 13.2 Å². The van der Waals surface area contributed by atoms with Crippen molar-refractivity contribution < 1.29 is 9.53 Å². The average Bonchev–Trinajstić information content (AvgIpc) is 2.70. The number of amides is 1. The second-order valence-corrected chi connectivity index (χ2v) is 6.77. The monoisotopic (exact) mass is 487 g/mol. The van der Waals surface area contributed by atoms with Crippen LogP contribution in [-0.2, 0) is 22.5 Å². The molecule has 0 atom stereocenters. The van der Waals surface area contributed by atoms with Crippen molar-refractivity contribution in [1.82, 2.24) is 15.1 Å². The lowest BCUT2D eigenvalue weighted by atomic mass is 10.00. The zero-order chi connectivity index (χ0) is 18.2. The van der Waals surface area contributed by atoms with E-state index in [-0.39, 0.29) is 36.4 Å². The molecule has 1 saturated heterocycles. The Labute approximate surface area is 178 Å². The number of hydrogen-bond donors (Lipinski definition) is 2. The van der Waals surface area contributed by atoms with E-state index >= 15 is 0 Å². The van der Waals surface area contributed by atoms with Gasteiger partial charge >= 0.3 is 0 Å². The van der Waals surface area contributed by atoms with Crippen LogP contribution in [0, 0.1) is 0 Å². The molecule has 0 bridgehead atoms. The summed E-state index contributed by atoms with van der Waals surface area (Å²) in [6, 6.07) is 8.28. The number of guanidine groups is 1. The first-order chi connectivity index (χ1) is 12.7. The number of rotatable bonds is 6. The third kappa shape index (κ3) is 6.93. The van der Waals surface area contributed by atoms with Gasteiger partial charge in [0.2, 0.25) is 5.91 Å². The van der Waals surface area contributed by atoms with Crippen LogP contribution in [0.25, 0.3) is 0 Å². The van der Waals surface area contributed by atoms with E-state index in [4.69, 9.17) is 10.5 Å². The highest BCUT2D eigenvalue weighted by Crippen LogP contribution is 2.18. The molecule has 0 radical (unpaired) electrons. The first kappa shape index (κ1) is 21.9. The molecule has 1 amide bonds. The fraction of sp³-hybridized carbons (Fsp3) is 0.579. The van der Waals surface area contributed by atoms with Gasteiger partial charge < -0.3 is 20.7 Å². The number of carbonyl (C=O) groups excluding carboxylic acids is 1. The number of nitrogens with zero attached hydrogens (tertiary/aromatic N) is 3. The topological polar surface area (TPSA) is 83.2 Å². The Morgan fingerprint density at radius 2 is 1.93 bits per heavy atom. The summed E-state index contributed by atoms with van der Waals surface area (Å²) in [4.78, 5) is 20.8. The van der Waals surface area contributed by atoms with Crippen LogP contribution >= 0.6 is 24.0 Å². The van der Waals surface area contributed by atoms with Gasteiger partial charge in [-0.25, -0.2) is 4.99 Å². The molecule has 3 rings (SSSR count). The molecule has 2 aliphatic rings. The van der Waals surface area contributed by atoms with Crippen molar-refractivity contribution in [2.24, 2.45) is 10.7 Å². The average molecular weight is 487 g/mol.